The molecule has 2 heterocycles. The summed E-state index contributed by atoms with van der Waals surface area (Å²) in [7, 11) is 2.10. The van der Waals surface area contributed by atoms with Crippen molar-refractivity contribution in [3.8, 4) is 0 Å². The van der Waals surface area contributed by atoms with E-state index < -0.39 is 0 Å². The van der Waals surface area contributed by atoms with Gasteiger partial charge in [0.1, 0.15) is 0 Å². The first-order valence-corrected chi connectivity index (χ1v) is 7.02. The average Bonchev–Trinajstić information content (AvgIpc) is 3.08. The van der Waals surface area contributed by atoms with Gasteiger partial charge in [-0.2, -0.15) is 0 Å². The number of hydrogen-bond acceptors (Lipinski definition) is 3. The molecule has 2 aliphatic heterocycles. The topological polar surface area (TPSA) is 18.5 Å². The second-order valence-corrected chi connectivity index (χ2v) is 5.77. The predicted molar refractivity (Wildman–Crippen MR) is 66.7 cm³/mol. The van der Waals surface area contributed by atoms with Crippen LogP contribution in [0.5, 0.6) is 0 Å². The molecule has 3 nitrogen and oxygen atoms in total. The number of nitrogens with zero attached hydrogens (tertiary/aromatic N) is 2. The summed E-state index contributed by atoms with van der Waals surface area (Å²) in [6, 6.07) is 2.62. The molecule has 0 amide bonds. The van der Waals surface area contributed by atoms with Gasteiger partial charge in [0.05, 0.1) is 0 Å². The highest BCUT2D eigenvalue weighted by atomic mass is 15.3. The van der Waals surface area contributed by atoms with Crippen LogP contribution in [0, 0.1) is 0 Å². The number of hydrogen-bond donors (Lipinski definition) is 1. The Labute approximate surface area is 99.2 Å². The predicted octanol–water partition coefficient (Wildman–Crippen LogP) is 0.907. The van der Waals surface area contributed by atoms with Gasteiger partial charge in [0.15, 0.2) is 0 Å². The van der Waals surface area contributed by atoms with Crippen LogP contribution in [0.2, 0.25) is 0 Å². The Morgan fingerprint density at radius 3 is 2.12 bits per heavy atom. The Kier molecular flexibility index (Phi) is 3.18. The van der Waals surface area contributed by atoms with Crippen LogP contribution in [0.4, 0.5) is 0 Å². The molecule has 0 bridgehead atoms. The van der Waals surface area contributed by atoms with Gasteiger partial charge < -0.3 is 5.32 Å². The first kappa shape index (κ1) is 11.0. The van der Waals surface area contributed by atoms with Crippen molar-refractivity contribution in [1.82, 2.24) is 15.1 Å². The average molecular weight is 223 g/mol. The van der Waals surface area contributed by atoms with E-state index in [1.807, 2.05) is 0 Å². The van der Waals surface area contributed by atoms with Crippen LogP contribution in [0.3, 0.4) is 0 Å². The minimum Gasteiger partial charge on any atom is -0.317 e. The van der Waals surface area contributed by atoms with Gasteiger partial charge in [-0.05, 0) is 52.2 Å². The molecule has 1 saturated carbocycles. The Hall–Kier alpha value is -0.120. The number of piperidine rings is 1. The fraction of sp³-hybridized carbons (Fsp3) is 1.00. The maximum Gasteiger partial charge on any atom is 0.0235 e. The van der Waals surface area contributed by atoms with Gasteiger partial charge in [0.2, 0.25) is 0 Å². The Balaban J connectivity index is 1.47. The lowest BCUT2D eigenvalue weighted by molar-refractivity contribution is 0.144. The highest BCUT2D eigenvalue weighted by Crippen LogP contribution is 2.31. The van der Waals surface area contributed by atoms with Gasteiger partial charge in [-0.25, -0.2) is 0 Å². The molecule has 0 spiro atoms. The Morgan fingerprint density at radius 2 is 1.50 bits per heavy atom. The normalized spacial score (nSPS) is 34.7. The van der Waals surface area contributed by atoms with Crippen molar-refractivity contribution < 1.29 is 0 Å². The fourth-order valence-electron chi connectivity index (χ4n) is 3.39. The van der Waals surface area contributed by atoms with E-state index in [-0.39, 0.29) is 0 Å². The lowest BCUT2D eigenvalue weighted by Crippen LogP contribution is -2.46. The molecule has 3 heteroatoms. The summed E-state index contributed by atoms with van der Waals surface area (Å²) in [6.45, 7) is 5.35. The minimum absolute atomic E-state index is 0.775. The van der Waals surface area contributed by atoms with Gasteiger partial charge in [-0.15, -0.1) is 0 Å². The van der Waals surface area contributed by atoms with E-state index in [2.05, 4.69) is 22.2 Å². The molecule has 1 atom stereocenters. The van der Waals surface area contributed by atoms with E-state index in [1.165, 1.54) is 58.3 Å². The first-order chi connectivity index (χ1) is 7.86. The molecule has 1 aliphatic carbocycles. The zero-order valence-electron chi connectivity index (χ0n) is 10.5. The van der Waals surface area contributed by atoms with E-state index in [0.29, 0.717) is 0 Å². The van der Waals surface area contributed by atoms with Crippen molar-refractivity contribution in [2.24, 2.45) is 0 Å². The molecule has 0 aromatic rings. The van der Waals surface area contributed by atoms with Gasteiger partial charge in [-0.3, -0.25) is 9.80 Å². The summed E-state index contributed by atoms with van der Waals surface area (Å²) in [5, 5.41) is 3.41. The molecular formula is C13H25N3. The molecule has 0 aromatic carbocycles. The largest absolute Gasteiger partial charge is 0.317 e. The number of nitrogens with one attached hydrogen (secondary N) is 1. The summed E-state index contributed by atoms with van der Waals surface area (Å²) in [6.07, 6.45) is 7.04. The zero-order valence-corrected chi connectivity index (χ0v) is 10.5. The summed E-state index contributed by atoms with van der Waals surface area (Å²) in [5.41, 5.74) is 0. The molecule has 3 rings (SSSR count). The molecule has 3 fully saturated rings. The molecule has 16 heavy (non-hydrogen) atoms. The zero-order chi connectivity index (χ0) is 11.0. The molecule has 0 aromatic heterocycles. The molecule has 0 radical (unpaired) electrons. The van der Waals surface area contributed by atoms with Crippen LogP contribution >= 0.6 is 0 Å². The van der Waals surface area contributed by atoms with Gasteiger partial charge in [-0.1, -0.05) is 0 Å². The van der Waals surface area contributed by atoms with E-state index in [4.69, 9.17) is 0 Å². The monoisotopic (exact) mass is 223 g/mol. The van der Waals surface area contributed by atoms with Gasteiger partial charge in [0.25, 0.3) is 0 Å². The van der Waals surface area contributed by atoms with Gasteiger partial charge in [0, 0.05) is 31.2 Å². The fourth-order valence-corrected chi connectivity index (χ4v) is 3.39. The third-order valence-electron chi connectivity index (χ3n) is 4.71. The highest BCUT2D eigenvalue weighted by Gasteiger charge is 2.36. The number of likely N-dealkylation sites (tertiary alicyclic amines) is 2. The number of rotatable bonds is 3. The van der Waals surface area contributed by atoms with Crippen molar-refractivity contribution in [3.05, 3.63) is 0 Å². The third kappa shape index (κ3) is 2.27. The second kappa shape index (κ2) is 4.63. The molecule has 3 aliphatic rings. The van der Waals surface area contributed by atoms with Crippen molar-refractivity contribution in [2.45, 2.75) is 50.2 Å². The van der Waals surface area contributed by atoms with E-state index in [0.717, 1.165) is 18.1 Å². The Bertz CT molecular complexity index is 231. The van der Waals surface area contributed by atoms with E-state index in [9.17, 15) is 0 Å². The first-order valence-electron chi connectivity index (χ1n) is 7.02. The second-order valence-electron chi connectivity index (χ2n) is 5.77. The molecule has 92 valence electrons. The lowest BCUT2D eigenvalue weighted by Gasteiger charge is -2.35. The molecule has 1 N–H and O–H groups in total. The molecular weight excluding hydrogens is 198 g/mol. The summed E-state index contributed by atoms with van der Waals surface area (Å²) >= 11 is 0. The van der Waals surface area contributed by atoms with Crippen LogP contribution in [0.15, 0.2) is 0 Å². The minimum atomic E-state index is 0.775. The van der Waals surface area contributed by atoms with Crippen molar-refractivity contribution in [1.29, 1.82) is 0 Å². The molecule has 1 unspecified atom stereocenters. The lowest BCUT2D eigenvalue weighted by atomic mass is 10.0. The Morgan fingerprint density at radius 1 is 0.812 bits per heavy atom. The summed E-state index contributed by atoms with van der Waals surface area (Å²) in [5.74, 6) is 0. The van der Waals surface area contributed by atoms with Crippen LogP contribution < -0.4 is 5.32 Å². The summed E-state index contributed by atoms with van der Waals surface area (Å²) in [4.78, 5) is 5.48. The van der Waals surface area contributed by atoms with E-state index in [1.54, 1.807) is 0 Å². The standard InChI is InChI=1S/C13H25N3/c1-14-11-4-7-15(8-5-11)13-6-9-16(10-13)12-2-3-12/h11-14H,2-10H2,1H3. The van der Waals surface area contributed by atoms with Crippen LogP contribution in [0.1, 0.15) is 32.1 Å². The maximum atomic E-state index is 3.41. The SMILES string of the molecule is CNC1CCN(C2CCN(C3CC3)C2)CC1. The third-order valence-corrected chi connectivity index (χ3v) is 4.71. The van der Waals surface area contributed by atoms with Crippen molar-refractivity contribution >= 4 is 0 Å². The maximum absolute atomic E-state index is 3.41. The van der Waals surface area contributed by atoms with E-state index >= 15 is 0 Å². The van der Waals surface area contributed by atoms with Crippen molar-refractivity contribution in [2.75, 3.05) is 33.2 Å². The highest BCUT2D eigenvalue weighted by molar-refractivity contribution is 4.93. The van der Waals surface area contributed by atoms with Gasteiger partial charge >= 0.3 is 0 Å². The quantitative estimate of drug-likeness (QED) is 0.767. The molecule has 2 saturated heterocycles. The van der Waals surface area contributed by atoms with Crippen LogP contribution in [-0.2, 0) is 0 Å². The smallest absolute Gasteiger partial charge is 0.0235 e. The summed E-state index contributed by atoms with van der Waals surface area (Å²) < 4.78 is 0. The van der Waals surface area contributed by atoms with Crippen molar-refractivity contribution in [3.63, 3.8) is 0 Å². The van der Waals surface area contributed by atoms with Crippen LogP contribution in [-0.4, -0.2) is 61.2 Å². The van der Waals surface area contributed by atoms with Crippen LogP contribution in [0.25, 0.3) is 0 Å².